The van der Waals surface area contributed by atoms with Crippen molar-refractivity contribution in [2.45, 2.75) is 6.42 Å². The third-order valence-electron chi connectivity index (χ3n) is 1.43. The monoisotopic (exact) mass is 204 g/mol. The molecule has 0 bridgehead atoms. The molecule has 0 heterocycles. The minimum Gasteiger partial charge on any atom is -0.423 e. The zero-order valence-electron chi connectivity index (χ0n) is 6.17. The first kappa shape index (κ1) is 9.87. The van der Waals surface area contributed by atoms with E-state index in [1.54, 1.807) is 12.2 Å². The Morgan fingerprint density at radius 1 is 1.25 bits per heavy atom. The zero-order chi connectivity index (χ0) is 9.14. The van der Waals surface area contributed by atoms with Gasteiger partial charge in [-0.25, -0.2) is 0 Å². The fourth-order valence-corrected chi connectivity index (χ4v) is 1.37. The molecule has 1 aliphatic rings. The third-order valence-corrected chi connectivity index (χ3v) is 1.91. The average molecular weight is 205 g/mol. The number of rotatable bonds is 1. The van der Waals surface area contributed by atoms with Gasteiger partial charge in [0.15, 0.2) is 0 Å². The lowest BCUT2D eigenvalue weighted by Crippen LogP contribution is -2.13. The van der Waals surface area contributed by atoms with Crippen LogP contribution in [-0.2, 0) is 0 Å². The van der Waals surface area contributed by atoms with Gasteiger partial charge in [-0.3, -0.25) is 0 Å². The van der Waals surface area contributed by atoms with Crippen LogP contribution in [0.1, 0.15) is 6.42 Å². The molecule has 0 aromatic heterocycles. The van der Waals surface area contributed by atoms with Gasteiger partial charge in [0.2, 0.25) is 0 Å². The van der Waals surface area contributed by atoms with Crippen molar-refractivity contribution >= 4 is 30.3 Å². The van der Waals surface area contributed by atoms with Crippen molar-refractivity contribution in [1.29, 1.82) is 0 Å². The Bertz CT molecular complexity index is 269. The van der Waals surface area contributed by atoms with Gasteiger partial charge in [0.1, 0.15) is 0 Å². The van der Waals surface area contributed by atoms with Gasteiger partial charge in [0.25, 0.3) is 0 Å². The van der Waals surface area contributed by atoms with E-state index in [2.05, 4.69) is 0 Å². The first-order chi connectivity index (χ1) is 5.59. The molecule has 5 heteroatoms. The minimum atomic E-state index is -1.49. The molecule has 0 spiro atoms. The molecule has 0 aromatic carbocycles. The van der Waals surface area contributed by atoms with Gasteiger partial charge in [-0.05, 0) is 17.6 Å². The highest BCUT2D eigenvalue weighted by molar-refractivity contribution is 6.52. The predicted octanol–water partition coefficient (Wildman–Crippen LogP) is 1.57. The van der Waals surface area contributed by atoms with Crippen LogP contribution < -0.4 is 0 Å². The van der Waals surface area contributed by atoms with Crippen LogP contribution in [0.5, 0.6) is 0 Å². The molecule has 0 unspecified atom stereocenters. The maximum absolute atomic E-state index is 8.82. The van der Waals surface area contributed by atoms with E-state index in [1.165, 1.54) is 6.08 Å². The molecule has 2 N–H and O–H groups in total. The van der Waals surface area contributed by atoms with Crippen LogP contribution in [0.2, 0.25) is 0 Å². The van der Waals surface area contributed by atoms with E-state index in [0.29, 0.717) is 22.0 Å². The first-order valence-electron chi connectivity index (χ1n) is 3.39. The van der Waals surface area contributed by atoms with Crippen LogP contribution in [0.3, 0.4) is 0 Å². The molecule has 64 valence electrons. The number of halogens is 2. The number of allylic oxidation sites excluding steroid dienone is 6. The van der Waals surface area contributed by atoms with E-state index in [-0.39, 0.29) is 0 Å². The number of hydrogen-bond donors (Lipinski definition) is 2. The topological polar surface area (TPSA) is 40.5 Å². The van der Waals surface area contributed by atoms with Gasteiger partial charge in [-0.2, -0.15) is 0 Å². The summed E-state index contributed by atoms with van der Waals surface area (Å²) in [4.78, 5) is 0. The van der Waals surface area contributed by atoms with Crippen molar-refractivity contribution < 1.29 is 10.0 Å². The minimum absolute atomic E-state index is 0.368. The van der Waals surface area contributed by atoms with Gasteiger partial charge in [0, 0.05) is 16.5 Å². The van der Waals surface area contributed by atoms with Gasteiger partial charge in [-0.15, -0.1) is 0 Å². The highest BCUT2D eigenvalue weighted by atomic mass is 35.5. The van der Waals surface area contributed by atoms with Crippen LogP contribution in [0, 0.1) is 0 Å². The van der Waals surface area contributed by atoms with E-state index in [1.807, 2.05) is 0 Å². The summed E-state index contributed by atoms with van der Waals surface area (Å²) in [6.45, 7) is 0. The molecule has 0 radical (unpaired) electrons. The Labute approximate surface area is 80.9 Å². The van der Waals surface area contributed by atoms with E-state index in [0.717, 1.165) is 0 Å². The molecule has 0 atom stereocenters. The van der Waals surface area contributed by atoms with Crippen molar-refractivity contribution in [2.75, 3.05) is 0 Å². The second-order valence-corrected chi connectivity index (χ2v) is 3.32. The maximum atomic E-state index is 8.82. The van der Waals surface area contributed by atoms with Gasteiger partial charge >= 0.3 is 7.12 Å². The molecular weight excluding hydrogens is 198 g/mol. The average Bonchev–Trinajstić information content (AvgIpc) is 2.11. The summed E-state index contributed by atoms with van der Waals surface area (Å²) in [6.07, 6.45) is 5.15. The normalized spacial score (nSPS) is 17.5. The van der Waals surface area contributed by atoms with E-state index < -0.39 is 7.12 Å². The molecule has 0 fully saturated rings. The largest absolute Gasteiger partial charge is 0.488 e. The predicted molar refractivity (Wildman–Crippen MR) is 50.8 cm³/mol. The summed E-state index contributed by atoms with van der Waals surface area (Å²) in [5.41, 5.74) is 0.368. The smallest absolute Gasteiger partial charge is 0.423 e. The van der Waals surface area contributed by atoms with Crippen molar-refractivity contribution in [3.63, 3.8) is 0 Å². The Kier molecular flexibility index (Phi) is 3.41. The summed E-state index contributed by atoms with van der Waals surface area (Å²) < 4.78 is 0. The summed E-state index contributed by atoms with van der Waals surface area (Å²) in [5, 5.41) is 18.6. The zero-order valence-corrected chi connectivity index (χ0v) is 7.68. The molecule has 0 amide bonds. The lowest BCUT2D eigenvalue weighted by Gasteiger charge is -1.97. The molecule has 0 aliphatic heterocycles. The summed E-state index contributed by atoms with van der Waals surface area (Å²) in [7, 11) is -1.49. The Hall–Kier alpha value is -0.215. The van der Waals surface area contributed by atoms with Crippen LogP contribution in [0.15, 0.2) is 33.8 Å². The van der Waals surface area contributed by atoms with Crippen molar-refractivity contribution in [2.24, 2.45) is 0 Å². The standard InChI is InChI=1S/C7H7BCl2O2/c9-6-2-1-5(8(11)12)3-7(10)4-6/h1,3-4,11-12H,2H2. The number of hydrogen-bond acceptors (Lipinski definition) is 2. The SMILES string of the molecule is OB(O)C1=CCC(Cl)=CC(Cl)=C1. The molecule has 1 rings (SSSR count). The van der Waals surface area contributed by atoms with E-state index in [4.69, 9.17) is 33.2 Å². The van der Waals surface area contributed by atoms with Crippen LogP contribution in [-0.4, -0.2) is 17.2 Å². The first-order valence-corrected chi connectivity index (χ1v) is 4.14. The molecule has 0 aromatic rings. The van der Waals surface area contributed by atoms with Gasteiger partial charge < -0.3 is 10.0 Å². The van der Waals surface area contributed by atoms with Crippen molar-refractivity contribution in [1.82, 2.24) is 0 Å². The third kappa shape index (κ3) is 2.68. The van der Waals surface area contributed by atoms with Crippen LogP contribution in [0.25, 0.3) is 0 Å². The highest BCUT2D eigenvalue weighted by Crippen LogP contribution is 2.21. The Balaban J connectivity index is 2.90. The van der Waals surface area contributed by atoms with Crippen molar-refractivity contribution in [3.8, 4) is 0 Å². The molecule has 0 saturated heterocycles. The van der Waals surface area contributed by atoms with E-state index in [9.17, 15) is 0 Å². The van der Waals surface area contributed by atoms with E-state index >= 15 is 0 Å². The molecule has 2 nitrogen and oxygen atoms in total. The van der Waals surface area contributed by atoms with Crippen LogP contribution >= 0.6 is 23.2 Å². The summed E-state index contributed by atoms with van der Waals surface area (Å²) in [5.74, 6) is 0. The molecular formula is C7H7BCl2O2. The second kappa shape index (κ2) is 4.14. The fraction of sp³-hybridized carbons (Fsp3) is 0.143. The fourth-order valence-electron chi connectivity index (χ4n) is 0.864. The van der Waals surface area contributed by atoms with Crippen LogP contribution in [0.4, 0.5) is 0 Å². The van der Waals surface area contributed by atoms with Gasteiger partial charge in [-0.1, -0.05) is 29.3 Å². The van der Waals surface area contributed by atoms with Gasteiger partial charge in [0.05, 0.1) is 0 Å². The lowest BCUT2D eigenvalue weighted by molar-refractivity contribution is 0.420. The molecule has 12 heavy (non-hydrogen) atoms. The second-order valence-electron chi connectivity index (χ2n) is 2.40. The Morgan fingerprint density at radius 3 is 2.50 bits per heavy atom. The summed E-state index contributed by atoms with van der Waals surface area (Å²) >= 11 is 11.4. The maximum Gasteiger partial charge on any atom is 0.488 e. The quantitative estimate of drug-likeness (QED) is 0.637. The highest BCUT2D eigenvalue weighted by Gasteiger charge is 2.14. The molecule has 0 saturated carbocycles. The summed E-state index contributed by atoms with van der Waals surface area (Å²) in [6, 6.07) is 0. The Morgan fingerprint density at radius 2 is 1.92 bits per heavy atom. The van der Waals surface area contributed by atoms with Crippen molar-refractivity contribution in [3.05, 3.63) is 33.8 Å². The molecule has 1 aliphatic carbocycles. The lowest BCUT2D eigenvalue weighted by atomic mass is 9.79.